The number of anilines is 1. The number of oxime groups is 1. The van der Waals surface area contributed by atoms with Crippen LogP contribution in [0.5, 0.6) is 0 Å². The van der Waals surface area contributed by atoms with Crippen molar-refractivity contribution in [1.29, 1.82) is 0 Å². The Kier molecular flexibility index (Phi) is 9.11. The summed E-state index contributed by atoms with van der Waals surface area (Å²) in [5, 5.41) is 6.62. The molecule has 0 spiro atoms. The number of hydrogen-bond acceptors (Lipinski definition) is 11. The van der Waals surface area contributed by atoms with Gasteiger partial charge in [0, 0.05) is 43.7 Å². The van der Waals surface area contributed by atoms with Crippen LogP contribution in [0, 0.1) is 0 Å². The lowest BCUT2D eigenvalue weighted by atomic mass is 10.1. The summed E-state index contributed by atoms with van der Waals surface area (Å²) >= 11 is 1.33. The van der Waals surface area contributed by atoms with Crippen LogP contribution in [0.1, 0.15) is 42.5 Å². The van der Waals surface area contributed by atoms with Gasteiger partial charge in [0.25, 0.3) is 5.91 Å². The standard InChI is InChI=1S/C26H35N5O7S3/c1-30(2)41(35,36)23-9-12-31(13-10-23)16-20-15-27-26(39-20)28-25(32)24(29-38-19-11-14-37-17-19)18-3-5-21(6-4-18)40(33,34)22-7-8-22/h3-6,15,19,22-23H,7-14,16-17H2,1-2H3,(H,27,28,32)/b29-24+/t19-/m1/s1. The van der Waals surface area contributed by atoms with Crippen LogP contribution >= 0.6 is 11.3 Å². The number of rotatable bonds is 11. The number of thiazole rings is 1. The number of nitrogens with zero attached hydrogens (tertiary/aromatic N) is 4. The molecule has 41 heavy (non-hydrogen) atoms. The number of benzene rings is 1. The average molecular weight is 626 g/mol. The fourth-order valence-electron chi connectivity index (χ4n) is 4.80. The normalized spacial score (nSPS) is 21.3. The van der Waals surface area contributed by atoms with Crippen molar-refractivity contribution in [3.63, 3.8) is 0 Å². The molecule has 1 aliphatic carbocycles. The molecule has 0 bridgehead atoms. The number of aromatic nitrogens is 1. The van der Waals surface area contributed by atoms with Crippen molar-refractivity contribution in [2.75, 3.05) is 45.7 Å². The fourth-order valence-corrected chi connectivity index (χ4v) is 8.71. The summed E-state index contributed by atoms with van der Waals surface area (Å²) in [5.41, 5.74) is 0.427. The first-order valence-electron chi connectivity index (χ1n) is 13.6. The van der Waals surface area contributed by atoms with Gasteiger partial charge in [-0.2, -0.15) is 0 Å². The molecular formula is C26H35N5O7S3. The predicted octanol–water partition coefficient (Wildman–Crippen LogP) is 2.08. The lowest BCUT2D eigenvalue weighted by Crippen LogP contribution is -2.42. The molecule has 1 N–H and O–H groups in total. The van der Waals surface area contributed by atoms with Crippen molar-refractivity contribution in [1.82, 2.24) is 14.2 Å². The van der Waals surface area contributed by atoms with Crippen LogP contribution in [0.4, 0.5) is 5.13 Å². The molecule has 0 radical (unpaired) electrons. The van der Waals surface area contributed by atoms with Gasteiger partial charge in [0.1, 0.15) is 0 Å². The van der Waals surface area contributed by atoms with E-state index in [1.807, 2.05) is 0 Å². The number of amides is 1. The SMILES string of the molecule is CN(C)S(=O)(=O)C1CCN(Cc2cnc(NC(=O)/C(=N/O[C@@H]3CCOC3)c3ccc(S(=O)(=O)C4CC4)cc3)s2)CC1. The molecule has 3 aliphatic rings. The monoisotopic (exact) mass is 625 g/mol. The number of hydrogen-bond donors (Lipinski definition) is 1. The van der Waals surface area contributed by atoms with Crippen LogP contribution < -0.4 is 5.32 Å². The molecular weight excluding hydrogens is 591 g/mol. The molecule has 0 unspecified atom stereocenters. The highest BCUT2D eigenvalue weighted by Crippen LogP contribution is 2.33. The number of carbonyl (C=O) groups excluding carboxylic acids is 1. The zero-order valence-electron chi connectivity index (χ0n) is 23.1. The number of sulfonamides is 1. The number of sulfone groups is 1. The average Bonchev–Trinajstić information content (AvgIpc) is 3.53. The van der Waals surface area contributed by atoms with Gasteiger partial charge in [0.15, 0.2) is 26.8 Å². The van der Waals surface area contributed by atoms with Crippen molar-refractivity contribution in [3.8, 4) is 0 Å². The Labute approximate surface area is 244 Å². The Hall–Kier alpha value is -2.43. The third kappa shape index (κ3) is 7.14. The second-order valence-corrected chi connectivity index (χ2v) is 16.5. The highest BCUT2D eigenvalue weighted by molar-refractivity contribution is 7.92. The number of piperidine rings is 1. The van der Waals surface area contributed by atoms with E-state index in [1.54, 1.807) is 32.4 Å². The molecule has 3 fully saturated rings. The first-order chi connectivity index (χ1) is 19.5. The van der Waals surface area contributed by atoms with Crippen molar-refractivity contribution < 1.29 is 31.2 Å². The fraction of sp³-hybridized carbons (Fsp3) is 0.577. The smallest absolute Gasteiger partial charge is 0.280 e. The summed E-state index contributed by atoms with van der Waals surface area (Å²) in [7, 11) is -3.50. The van der Waals surface area contributed by atoms with Gasteiger partial charge in [0.2, 0.25) is 10.0 Å². The highest BCUT2D eigenvalue weighted by Gasteiger charge is 2.37. The maximum Gasteiger partial charge on any atom is 0.280 e. The molecule has 1 atom stereocenters. The molecule has 12 nitrogen and oxygen atoms in total. The van der Waals surface area contributed by atoms with Crippen molar-refractivity contribution in [3.05, 3.63) is 40.9 Å². The Morgan fingerprint density at radius 1 is 1.10 bits per heavy atom. The number of nitrogens with one attached hydrogen (secondary N) is 1. The van der Waals surface area contributed by atoms with E-state index in [0.717, 1.165) is 4.88 Å². The van der Waals surface area contributed by atoms with Gasteiger partial charge >= 0.3 is 0 Å². The number of ether oxygens (including phenoxy) is 1. The van der Waals surface area contributed by atoms with Crippen molar-refractivity contribution >= 4 is 47.9 Å². The molecule has 2 aromatic rings. The maximum absolute atomic E-state index is 13.3. The zero-order chi connectivity index (χ0) is 29.2. The number of carbonyl (C=O) groups is 1. The van der Waals surface area contributed by atoms with E-state index < -0.39 is 25.8 Å². The van der Waals surface area contributed by atoms with Gasteiger partial charge in [-0.25, -0.2) is 26.1 Å². The van der Waals surface area contributed by atoms with Crippen molar-refractivity contribution in [2.45, 2.75) is 60.1 Å². The third-order valence-electron chi connectivity index (χ3n) is 7.43. The Bertz CT molecular complexity index is 1470. The molecule has 1 aromatic carbocycles. The zero-order valence-corrected chi connectivity index (χ0v) is 25.5. The molecule has 1 amide bonds. The van der Waals surface area contributed by atoms with E-state index in [4.69, 9.17) is 9.57 Å². The molecule has 15 heteroatoms. The van der Waals surface area contributed by atoms with Gasteiger partial charge in [-0.1, -0.05) is 17.3 Å². The van der Waals surface area contributed by atoms with E-state index in [1.165, 1.54) is 27.8 Å². The summed E-state index contributed by atoms with van der Waals surface area (Å²) in [4.78, 5) is 26.6. The van der Waals surface area contributed by atoms with Gasteiger partial charge in [-0.15, -0.1) is 11.3 Å². The quantitative estimate of drug-likeness (QED) is 0.293. The van der Waals surface area contributed by atoms with E-state index in [0.29, 0.717) is 75.6 Å². The van der Waals surface area contributed by atoms with Gasteiger partial charge in [-0.3, -0.25) is 15.0 Å². The molecule has 5 rings (SSSR count). The summed E-state index contributed by atoms with van der Waals surface area (Å²) in [6.45, 7) is 2.85. The van der Waals surface area contributed by atoms with Crippen LogP contribution in [-0.2, 0) is 40.8 Å². The molecule has 1 aromatic heterocycles. The first kappa shape index (κ1) is 30.0. The summed E-state index contributed by atoms with van der Waals surface area (Å²) in [5.74, 6) is -0.530. The number of likely N-dealkylation sites (tertiary alicyclic amines) is 1. The molecule has 2 saturated heterocycles. The molecule has 1 saturated carbocycles. The first-order valence-corrected chi connectivity index (χ1v) is 17.5. The lowest BCUT2D eigenvalue weighted by Gasteiger charge is -2.32. The lowest BCUT2D eigenvalue weighted by molar-refractivity contribution is -0.110. The summed E-state index contributed by atoms with van der Waals surface area (Å²) < 4.78 is 56.7. The summed E-state index contributed by atoms with van der Waals surface area (Å²) in [6, 6.07) is 6.13. The van der Waals surface area contributed by atoms with E-state index in [-0.39, 0.29) is 27.2 Å². The van der Waals surface area contributed by atoms with Crippen LogP contribution in [0.15, 0.2) is 40.5 Å². The predicted molar refractivity (Wildman–Crippen MR) is 155 cm³/mol. The van der Waals surface area contributed by atoms with Crippen LogP contribution in [0.3, 0.4) is 0 Å². The molecule has 224 valence electrons. The van der Waals surface area contributed by atoms with Gasteiger partial charge < -0.3 is 9.57 Å². The van der Waals surface area contributed by atoms with Crippen LogP contribution in [-0.4, -0.2) is 99.6 Å². The van der Waals surface area contributed by atoms with Crippen molar-refractivity contribution in [2.24, 2.45) is 5.16 Å². The summed E-state index contributed by atoms with van der Waals surface area (Å²) in [6.07, 6.45) is 4.56. The Morgan fingerprint density at radius 2 is 1.80 bits per heavy atom. The molecule has 2 aliphatic heterocycles. The Balaban J connectivity index is 1.24. The maximum atomic E-state index is 13.3. The second kappa shape index (κ2) is 12.4. The highest BCUT2D eigenvalue weighted by atomic mass is 32.2. The second-order valence-electron chi connectivity index (χ2n) is 10.7. The topological polar surface area (TPSA) is 148 Å². The van der Waals surface area contributed by atoms with Gasteiger partial charge in [0.05, 0.1) is 28.6 Å². The minimum absolute atomic E-state index is 0.00759. The van der Waals surface area contributed by atoms with Crippen LogP contribution in [0.2, 0.25) is 0 Å². The third-order valence-corrected chi connectivity index (χ3v) is 12.9. The Morgan fingerprint density at radius 3 is 2.41 bits per heavy atom. The van der Waals surface area contributed by atoms with Gasteiger partial charge in [-0.05, 0) is 50.9 Å². The van der Waals surface area contributed by atoms with E-state index in [9.17, 15) is 21.6 Å². The molecule has 3 heterocycles. The van der Waals surface area contributed by atoms with E-state index >= 15 is 0 Å². The van der Waals surface area contributed by atoms with Crippen LogP contribution in [0.25, 0.3) is 0 Å². The van der Waals surface area contributed by atoms with E-state index in [2.05, 4.69) is 20.4 Å². The minimum atomic E-state index is -3.36. The minimum Gasteiger partial charge on any atom is -0.389 e. The largest absolute Gasteiger partial charge is 0.389 e.